The van der Waals surface area contributed by atoms with E-state index in [1.807, 2.05) is 0 Å². The van der Waals surface area contributed by atoms with Gasteiger partial charge in [-0.25, -0.2) is 0 Å². The van der Waals surface area contributed by atoms with Crippen LogP contribution in [0.25, 0.3) is 0 Å². The van der Waals surface area contributed by atoms with Crippen LogP contribution < -0.4 is 0 Å². The van der Waals surface area contributed by atoms with Crippen LogP contribution in [0.1, 0.15) is 104 Å². The lowest BCUT2D eigenvalue weighted by molar-refractivity contribution is 0.444. The Hall–Kier alpha value is -0.590. The van der Waals surface area contributed by atoms with Crippen LogP contribution in [0.2, 0.25) is 0 Å². The topological polar surface area (TPSA) is 12.4 Å². The minimum Gasteiger partial charge on any atom is -0.290 e. The van der Waals surface area contributed by atoms with E-state index in [0.717, 1.165) is 0 Å². The Morgan fingerprint density at radius 2 is 1.62 bits per heavy atom. The summed E-state index contributed by atoms with van der Waals surface area (Å²) in [6, 6.07) is 0.619. The molecule has 0 spiro atoms. The molecule has 122 valence electrons. The first-order valence-corrected chi connectivity index (χ1v) is 9.59. The molecule has 1 saturated carbocycles. The van der Waals surface area contributed by atoms with E-state index in [0.29, 0.717) is 6.04 Å². The monoisotopic (exact) mass is 291 g/mol. The largest absolute Gasteiger partial charge is 0.290 e. The third kappa shape index (κ3) is 9.87. The SMILES string of the molecule is CCCCCCC=C(C=NC1CCCCC1)CCCCC. The summed E-state index contributed by atoms with van der Waals surface area (Å²) in [5, 5.41) is 0. The van der Waals surface area contributed by atoms with Crippen LogP contribution in [0.5, 0.6) is 0 Å². The summed E-state index contributed by atoms with van der Waals surface area (Å²) in [5.74, 6) is 0. The molecule has 1 nitrogen and oxygen atoms in total. The minimum atomic E-state index is 0.619. The predicted octanol–water partition coefficient (Wildman–Crippen LogP) is 6.87. The van der Waals surface area contributed by atoms with Gasteiger partial charge in [-0.15, -0.1) is 0 Å². The molecule has 1 heteroatoms. The van der Waals surface area contributed by atoms with Crippen LogP contribution in [0.4, 0.5) is 0 Å². The minimum absolute atomic E-state index is 0.619. The molecule has 0 aromatic heterocycles. The van der Waals surface area contributed by atoms with E-state index in [1.54, 1.807) is 0 Å². The van der Waals surface area contributed by atoms with Gasteiger partial charge in [0.2, 0.25) is 0 Å². The summed E-state index contributed by atoms with van der Waals surface area (Å²) in [6.45, 7) is 4.56. The first kappa shape index (κ1) is 18.5. The molecule has 0 aromatic carbocycles. The number of unbranched alkanes of at least 4 members (excludes halogenated alkanes) is 6. The Morgan fingerprint density at radius 1 is 0.905 bits per heavy atom. The number of nitrogens with zero attached hydrogens (tertiary/aromatic N) is 1. The van der Waals surface area contributed by atoms with Gasteiger partial charge in [0.25, 0.3) is 0 Å². The Kier molecular flexibility index (Phi) is 11.5. The lowest BCUT2D eigenvalue weighted by atomic mass is 9.96. The summed E-state index contributed by atoms with van der Waals surface area (Å²) < 4.78 is 0. The van der Waals surface area contributed by atoms with Gasteiger partial charge in [-0.3, -0.25) is 4.99 Å². The van der Waals surface area contributed by atoms with Crippen LogP contribution in [-0.2, 0) is 0 Å². The predicted molar refractivity (Wildman–Crippen MR) is 96.3 cm³/mol. The lowest BCUT2D eigenvalue weighted by Gasteiger charge is -2.17. The highest BCUT2D eigenvalue weighted by molar-refractivity contribution is 5.78. The van der Waals surface area contributed by atoms with Gasteiger partial charge < -0.3 is 0 Å². The van der Waals surface area contributed by atoms with E-state index in [4.69, 9.17) is 4.99 Å². The molecular formula is C20H37N. The maximum Gasteiger partial charge on any atom is 0.0499 e. The molecule has 1 aliphatic carbocycles. The zero-order valence-corrected chi connectivity index (χ0v) is 14.6. The second-order valence-electron chi connectivity index (χ2n) is 6.66. The molecule has 0 unspecified atom stereocenters. The van der Waals surface area contributed by atoms with Gasteiger partial charge in [-0.2, -0.15) is 0 Å². The molecule has 0 aromatic rings. The van der Waals surface area contributed by atoms with Crippen molar-refractivity contribution in [1.29, 1.82) is 0 Å². The van der Waals surface area contributed by atoms with E-state index < -0.39 is 0 Å². The van der Waals surface area contributed by atoms with E-state index in [-0.39, 0.29) is 0 Å². The van der Waals surface area contributed by atoms with Gasteiger partial charge in [0.05, 0.1) is 0 Å². The molecule has 1 fully saturated rings. The molecule has 21 heavy (non-hydrogen) atoms. The normalized spacial score (nSPS) is 17.7. The summed E-state index contributed by atoms with van der Waals surface area (Å²) in [4.78, 5) is 4.88. The molecule has 0 radical (unpaired) electrons. The molecule has 0 atom stereocenters. The molecule has 0 bridgehead atoms. The smallest absolute Gasteiger partial charge is 0.0499 e. The molecule has 1 aliphatic rings. The Balaban J connectivity index is 2.37. The highest BCUT2D eigenvalue weighted by Gasteiger charge is 2.10. The fourth-order valence-electron chi connectivity index (χ4n) is 3.09. The van der Waals surface area contributed by atoms with Crippen molar-refractivity contribution in [2.24, 2.45) is 4.99 Å². The lowest BCUT2D eigenvalue weighted by Crippen LogP contribution is -2.09. The highest BCUT2D eigenvalue weighted by Crippen LogP contribution is 2.20. The molecule has 0 N–H and O–H groups in total. The summed E-state index contributed by atoms with van der Waals surface area (Å²) in [6.07, 6.45) is 23.4. The van der Waals surface area contributed by atoms with Crippen molar-refractivity contribution in [3.05, 3.63) is 11.6 Å². The quantitative estimate of drug-likeness (QED) is 0.291. The first-order valence-electron chi connectivity index (χ1n) is 9.59. The van der Waals surface area contributed by atoms with Crippen molar-refractivity contribution in [1.82, 2.24) is 0 Å². The van der Waals surface area contributed by atoms with Crippen LogP contribution in [0, 0.1) is 0 Å². The summed E-state index contributed by atoms with van der Waals surface area (Å²) in [5.41, 5.74) is 1.51. The zero-order valence-electron chi connectivity index (χ0n) is 14.6. The molecular weight excluding hydrogens is 254 g/mol. The van der Waals surface area contributed by atoms with Crippen molar-refractivity contribution in [2.75, 3.05) is 0 Å². The van der Waals surface area contributed by atoms with Gasteiger partial charge in [0.1, 0.15) is 0 Å². The fraction of sp³-hybridized carbons (Fsp3) is 0.850. The second kappa shape index (κ2) is 13.1. The van der Waals surface area contributed by atoms with Crippen LogP contribution in [0.15, 0.2) is 16.6 Å². The van der Waals surface area contributed by atoms with Gasteiger partial charge in [-0.05, 0) is 44.1 Å². The Morgan fingerprint density at radius 3 is 2.33 bits per heavy atom. The molecule has 0 saturated heterocycles. The van der Waals surface area contributed by atoms with Crippen LogP contribution in [0.3, 0.4) is 0 Å². The van der Waals surface area contributed by atoms with Crippen LogP contribution in [-0.4, -0.2) is 12.3 Å². The number of hydrogen-bond donors (Lipinski definition) is 0. The standard InChI is InChI=1S/C20H37N/c1-3-5-7-8-11-15-19(14-10-6-4-2)18-21-20-16-12-9-13-17-20/h15,18,20H,3-14,16-17H2,1-2H3. The van der Waals surface area contributed by atoms with Crippen molar-refractivity contribution in [3.63, 3.8) is 0 Å². The van der Waals surface area contributed by atoms with Gasteiger partial charge in [-0.1, -0.05) is 71.3 Å². The van der Waals surface area contributed by atoms with Gasteiger partial charge >= 0.3 is 0 Å². The Bertz CT molecular complexity index is 284. The average molecular weight is 292 g/mol. The van der Waals surface area contributed by atoms with Crippen molar-refractivity contribution in [2.45, 2.75) is 110 Å². The summed E-state index contributed by atoms with van der Waals surface area (Å²) in [7, 11) is 0. The Labute approximate surface area is 133 Å². The molecule has 0 heterocycles. The van der Waals surface area contributed by atoms with E-state index in [9.17, 15) is 0 Å². The van der Waals surface area contributed by atoms with Crippen molar-refractivity contribution in [3.8, 4) is 0 Å². The van der Waals surface area contributed by atoms with Crippen LogP contribution >= 0.6 is 0 Å². The van der Waals surface area contributed by atoms with Crippen molar-refractivity contribution >= 4 is 6.21 Å². The highest BCUT2D eigenvalue weighted by atomic mass is 14.8. The van der Waals surface area contributed by atoms with E-state index in [2.05, 4.69) is 26.1 Å². The third-order valence-corrected chi connectivity index (χ3v) is 4.56. The van der Waals surface area contributed by atoms with E-state index in [1.165, 1.54) is 95.5 Å². The maximum absolute atomic E-state index is 4.88. The van der Waals surface area contributed by atoms with Gasteiger partial charge in [0.15, 0.2) is 0 Å². The third-order valence-electron chi connectivity index (χ3n) is 4.56. The number of hydrogen-bond acceptors (Lipinski definition) is 1. The molecule has 0 aliphatic heterocycles. The van der Waals surface area contributed by atoms with Gasteiger partial charge in [0, 0.05) is 12.3 Å². The number of aliphatic imine (C=N–C) groups is 1. The molecule has 0 amide bonds. The maximum atomic E-state index is 4.88. The van der Waals surface area contributed by atoms with E-state index >= 15 is 0 Å². The average Bonchev–Trinajstić information content (AvgIpc) is 2.53. The number of rotatable bonds is 11. The summed E-state index contributed by atoms with van der Waals surface area (Å²) >= 11 is 0. The second-order valence-corrected chi connectivity index (χ2v) is 6.66. The fourth-order valence-corrected chi connectivity index (χ4v) is 3.09. The first-order chi connectivity index (χ1) is 10.4. The zero-order chi connectivity index (χ0) is 15.2. The number of allylic oxidation sites excluding steroid dienone is 2. The van der Waals surface area contributed by atoms with Crippen molar-refractivity contribution < 1.29 is 0 Å². The molecule has 1 rings (SSSR count).